The lowest BCUT2D eigenvalue weighted by Crippen LogP contribution is -2.53. The number of halogens is 3. The molecule has 0 aromatic heterocycles. The van der Waals surface area contributed by atoms with Crippen molar-refractivity contribution in [2.24, 2.45) is 5.92 Å². The van der Waals surface area contributed by atoms with E-state index in [-0.39, 0.29) is 37.4 Å². The van der Waals surface area contributed by atoms with E-state index >= 15 is 0 Å². The maximum atomic E-state index is 12.8. The second kappa shape index (κ2) is 7.26. The third-order valence-corrected chi connectivity index (χ3v) is 4.87. The van der Waals surface area contributed by atoms with Gasteiger partial charge in [-0.2, -0.15) is 13.2 Å². The van der Waals surface area contributed by atoms with Crippen molar-refractivity contribution in [1.82, 2.24) is 15.1 Å². The van der Waals surface area contributed by atoms with E-state index in [4.69, 9.17) is 0 Å². The van der Waals surface area contributed by atoms with Crippen LogP contribution in [0.2, 0.25) is 0 Å². The van der Waals surface area contributed by atoms with Crippen molar-refractivity contribution in [2.45, 2.75) is 32.1 Å². The van der Waals surface area contributed by atoms with Crippen molar-refractivity contribution in [3.63, 3.8) is 0 Å². The summed E-state index contributed by atoms with van der Waals surface area (Å²) in [6.07, 6.45) is -4.29. The predicted molar refractivity (Wildman–Crippen MR) is 89.0 cm³/mol. The third-order valence-electron chi connectivity index (χ3n) is 4.87. The van der Waals surface area contributed by atoms with Crippen LogP contribution in [-0.2, 0) is 22.3 Å². The van der Waals surface area contributed by atoms with Gasteiger partial charge in [-0.15, -0.1) is 0 Å². The Kier molecular flexibility index (Phi) is 5.22. The van der Waals surface area contributed by atoms with Gasteiger partial charge in [-0.3, -0.25) is 9.59 Å². The van der Waals surface area contributed by atoms with E-state index in [1.54, 1.807) is 11.0 Å². The van der Waals surface area contributed by atoms with Crippen LogP contribution in [0.4, 0.5) is 13.2 Å². The lowest BCUT2D eigenvalue weighted by molar-refractivity contribution is -0.138. The fourth-order valence-electron chi connectivity index (χ4n) is 3.55. The number of rotatable bonds is 3. The van der Waals surface area contributed by atoms with Crippen molar-refractivity contribution >= 4 is 11.8 Å². The molecule has 2 heterocycles. The molecule has 1 aromatic rings. The Bertz CT molecular complexity index is 693. The van der Waals surface area contributed by atoms with Crippen molar-refractivity contribution in [3.05, 3.63) is 35.4 Å². The van der Waals surface area contributed by atoms with E-state index in [1.165, 1.54) is 11.0 Å². The van der Waals surface area contributed by atoms with Gasteiger partial charge in [0, 0.05) is 45.2 Å². The Balaban J connectivity index is 1.64. The smallest absolute Gasteiger partial charge is 0.340 e. The summed E-state index contributed by atoms with van der Waals surface area (Å²) in [5, 5.41) is 3.26. The van der Waals surface area contributed by atoms with Crippen LogP contribution in [-0.4, -0.2) is 53.8 Å². The second-order valence-electron chi connectivity index (χ2n) is 7.01. The summed E-state index contributed by atoms with van der Waals surface area (Å²) in [7, 11) is 0. The molecule has 0 radical (unpaired) electrons. The Morgan fingerprint density at radius 3 is 2.77 bits per heavy atom. The average Bonchev–Trinajstić information content (AvgIpc) is 2.94. The van der Waals surface area contributed by atoms with E-state index in [0.717, 1.165) is 18.7 Å². The minimum Gasteiger partial charge on any atom is -0.340 e. The Morgan fingerprint density at radius 2 is 2.08 bits per heavy atom. The molecule has 3 rings (SSSR count). The predicted octanol–water partition coefficient (Wildman–Crippen LogP) is 1.87. The van der Waals surface area contributed by atoms with Crippen molar-refractivity contribution in [3.8, 4) is 0 Å². The summed E-state index contributed by atoms with van der Waals surface area (Å²) >= 11 is 0. The molecule has 2 amide bonds. The van der Waals surface area contributed by atoms with Crippen LogP contribution < -0.4 is 5.32 Å². The molecule has 2 unspecified atom stereocenters. The van der Waals surface area contributed by atoms with Gasteiger partial charge in [0.05, 0.1) is 11.5 Å². The second-order valence-corrected chi connectivity index (χ2v) is 7.01. The average molecular weight is 369 g/mol. The lowest BCUT2D eigenvalue weighted by Gasteiger charge is -2.33. The molecule has 8 heteroatoms. The van der Waals surface area contributed by atoms with Gasteiger partial charge in [-0.25, -0.2) is 0 Å². The highest BCUT2D eigenvalue weighted by Gasteiger charge is 2.37. The van der Waals surface area contributed by atoms with Gasteiger partial charge >= 0.3 is 6.18 Å². The molecule has 1 N–H and O–H groups in total. The monoisotopic (exact) mass is 369 g/mol. The SMILES string of the molecule is CC1CN(C(=O)C2CC(=O)N(Cc3cccc(C(F)(F)F)c3)C2)CCN1. The van der Waals surface area contributed by atoms with Crippen LogP contribution >= 0.6 is 0 Å². The molecule has 0 bridgehead atoms. The molecule has 26 heavy (non-hydrogen) atoms. The van der Waals surface area contributed by atoms with Crippen LogP contribution in [0, 0.1) is 5.92 Å². The topological polar surface area (TPSA) is 52.7 Å². The minimum absolute atomic E-state index is 0.0433. The van der Waals surface area contributed by atoms with Crippen molar-refractivity contribution in [2.75, 3.05) is 26.2 Å². The summed E-state index contributed by atoms with van der Waals surface area (Å²) in [6.45, 7) is 4.29. The zero-order valence-corrected chi connectivity index (χ0v) is 14.6. The molecule has 1 aromatic carbocycles. The molecular formula is C18H22F3N3O2. The maximum absolute atomic E-state index is 12.8. The highest BCUT2D eigenvalue weighted by atomic mass is 19.4. The van der Waals surface area contributed by atoms with Crippen LogP contribution in [0.3, 0.4) is 0 Å². The first-order chi connectivity index (χ1) is 12.2. The van der Waals surface area contributed by atoms with Crippen molar-refractivity contribution in [1.29, 1.82) is 0 Å². The molecule has 2 fully saturated rings. The van der Waals surface area contributed by atoms with E-state index < -0.39 is 17.7 Å². The molecular weight excluding hydrogens is 347 g/mol. The Labute approximate surface area is 150 Å². The molecule has 0 aliphatic carbocycles. The largest absolute Gasteiger partial charge is 0.416 e. The van der Waals surface area contributed by atoms with E-state index in [0.29, 0.717) is 18.7 Å². The van der Waals surface area contributed by atoms with Gasteiger partial charge in [0.15, 0.2) is 0 Å². The number of alkyl halides is 3. The molecule has 0 spiro atoms. The summed E-state index contributed by atoms with van der Waals surface area (Å²) in [4.78, 5) is 28.1. The van der Waals surface area contributed by atoms with Gasteiger partial charge in [0.2, 0.25) is 11.8 Å². The first-order valence-electron chi connectivity index (χ1n) is 8.70. The van der Waals surface area contributed by atoms with Crippen LogP contribution in [0.15, 0.2) is 24.3 Å². The number of carbonyl (C=O) groups excluding carboxylic acids is 2. The number of nitrogens with zero attached hydrogens (tertiary/aromatic N) is 2. The maximum Gasteiger partial charge on any atom is 0.416 e. The molecule has 142 valence electrons. The fourth-order valence-corrected chi connectivity index (χ4v) is 3.55. The summed E-state index contributed by atoms with van der Waals surface area (Å²) in [5.41, 5.74) is -0.318. The van der Waals surface area contributed by atoms with Crippen LogP contribution in [0.5, 0.6) is 0 Å². The molecule has 2 aliphatic rings. The number of hydrogen-bond acceptors (Lipinski definition) is 3. The van der Waals surface area contributed by atoms with Crippen LogP contribution in [0.25, 0.3) is 0 Å². The molecule has 5 nitrogen and oxygen atoms in total. The number of carbonyl (C=O) groups is 2. The summed E-state index contributed by atoms with van der Waals surface area (Å²) < 4.78 is 38.5. The van der Waals surface area contributed by atoms with Crippen LogP contribution in [0.1, 0.15) is 24.5 Å². The van der Waals surface area contributed by atoms with Gasteiger partial charge in [0.25, 0.3) is 0 Å². The number of amides is 2. The van der Waals surface area contributed by atoms with Crippen molar-refractivity contribution < 1.29 is 22.8 Å². The zero-order valence-electron chi connectivity index (χ0n) is 14.6. The highest BCUT2D eigenvalue weighted by molar-refractivity contribution is 5.89. The number of benzene rings is 1. The zero-order chi connectivity index (χ0) is 18.9. The van der Waals surface area contributed by atoms with Gasteiger partial charge < -0.3 is 15.1 Å². The first kappa shape index (κ1) is 18.7. The third kappa shape index (κ3) is 4.17. The molecule has 2 atom stereocenters. The number of hydrogen-bond donors (Lipinski definition) is 1. The first-order valence-corrected chi connectivity index (χ1v) is 8.70. The number of piperazine rings is 1. The minimum atomic E-state index is -4.41. The van der Waals surface area contributed by atoms with E-state index in [1.807, 2.05) is 6.92 Å². The van der Waals surface area contributed by atoms with E-state index in [9.17, 15) is 22.8 Å². The number of likely N-dealkylation sites (tertiary alicyclic amines) is 1. The standard InChI is InChI=1S/C18H22F3N3O2/c1-12-9-23(6-5-22-12)17(26)14-8-16(25)24(11-14)10-13-3-2-4-15(7-13)18(19,20)21/h2-4,7,12,14,22H,5-6,8-11H2,1H3. The van der Waals surface area contributed by atoms with E-state index in [2.05, 4.69) is 5.32 Å². The van der Waals surface area contributed by atoms with Gasteiger partial charge in [-0.1, -0.05) is 12.1 Å². The Morgan fingerprint density at radius 1 is 1.31 bits per heavy atom. The molecule has 0 saturated carbocycles. The summed E-state index contributed by atoms with van der Waals surface area (Å²) in [5.74, 6) is -0.652. The number of nitrogens with one attached hydrogen (secondary N) is 1. The molecule has 2 aliphatic heterocycles. The lowest BCUT2D eigenvalue weighted by atomic mass is 10.1. The van der Waals surface area contributed by atoms with Gasteiger partial charge in [0.1, 0.15) is 0 Å². The quantitative estimate of drug-likeness (QED) is 0.885. The highest BCUT2D eigenvalue weighted by Crippen LogP contribution is 2.30. The fraction of sp³-hybridized carbons (Fsp3) is 0.556. The van der Waals surface area contributed by atoms with Gasteiger partial charge in [-0.05, 0) is 24.6 Å². The normalized spacial score (nSPS) is 24.2. The summed E-state index contributed by atoms with van der Waals surface area (Å²) in [6, 6.07) is 5.18. The Hall–Kier alpha value is -2.09. The molecule has 2 saturated heterocycles.